The van der Waals surface area contributed by atoms with Crippen molar-refractivity contribution in [1.29, 1.82) is 0 Å². The Kier molecular flexibility index (Phi) is 6.23. The summed E-state index contributed by atoms with van der Waals surface area (Å²) in [7, 11) is 1.62. The van der Waals surface area contributed by atoms with Crippen molar-refractivity contribution in [3.63, 3.8) is 0 Å². The number of piperidine rings is 1. The maximum atomic E-state index is 12.6. The van der Waals surface area contributed by atoms with Gasteiger partial charge in [-0.05, 0) is 68.2 Å². The molecule has 7 nitrogen and oxygen atoms in total. The van der Waals surface area contributed by atoms with Gasteiger partial charge < -0.3 is 25.7 Å². The lowest BCUT2D eigenvalue weighted by molar-refractivity contribution is -0.123. The first-order valence-electron chi connectivity index (χ1n) is 10.6. The number of ether oxygens (including phenoxy) is 1. The number of benzene rings is 2. The van der Waals surface area contributed by atoms with E-state index in [4.69, 9.17) is 10.5 Å². The van der Waals surface area contributed by atoms with Crippen LogP contribution in [0.4, 0.5) is 5.69 Å². The molecule has 4 N–H and O–H groups in total. The fourth-order valence-corrected chi connectivity index (χ4v) is 4.04. The van der Waals surface area contributed by atoms with Gasteiger partial charge in [-0.15, -0.1) is 0 Å². The summed E-state index contributed by atoms with van der Waals surface area (Å²) in [5, 5.41) is 3.90. The molecule has 1 aromatic heterocycles. The molecule has 1 saturated heterocycles. The lowest BCUT2D eigenvalue weighted by Crippen LogP contribution is -2.39. The number of primary amides is 1. The standard InChI is InChI=1S/C24H28N4O3/c1-31-20-7-4-18-14-22(27-21(18)15-20)24(30)26-19-5-2-16(3-6-19)8-11-28-12-9-17(10-13-28)23(25)29/h2-7,14-15,17,27H,8-13H2,1H3,(H2,25,29)(H,26,30). The minimum atomic E-state index is -0.180. The molecule has 4 rings (SSSR count). The largest absolute Gasteiger partial charge is 0.497 e. The lowest BCUT2D eigenvalue weighted by Gasteiger charge is -2.30. The van der Waals surface area contributed by atoms with E-state index in [9.17, 15) is 9.59 Å². The number of likely N-dealkylation sites (tertiary alicyclic amines) is 1. The fraction of sp³-hybridized carbons (Fsp3) is 0.333. The summed E-state index contributed by atoms with van der Waals surface area (Å²) in [5.41, 5.74) is 8.74. The van der Waals surface area contributed by atoms with Gasteiger partial charge in [-0.2, -0.15) is 0 Å². The number of aromatic amines is 1. The van der Waals surface area contributed by atoms with E-state index in [-0.39, 0.29) is 17.7 Å². The highest BCUT2D eigenvalue weighted by atomic mass is 16.5. The van der Waals surface area contributed by atoms with Crippen LogP contribution in [0.25, 0.3) is 10.9 Å². The van der Waals surface area contributed by atoms with Crippen LogP contribution in [0.5, 0.6) is 5.75 Å². The van der Waals surface area contributed by atoms with Crippen LogP contribution in [0.1, 0.15) is 28.9 Å². The molecule has 0 atom stereocenters. The molecule has 3 aromatic rings. The first-order valence-corrected chi connectivity index (χ1v) is 10.6. The molecule has 0 saturated carbocycles. The number of methoxy groups -OCH3 is 1. The number of amides is 2. The molecule has 162 valence electrons. The van der Waals surface area contributed by atoms with Gasteiger partial charge in [0.15, 0.2) is 0 Å². The number of fused-ring (bicyclic) bond motifs is 1. The molecule has 0 unspecified atom stereocenters. The molecule has 2 amide bonds. The zero-order valence-electron chi connectivity index (χ0n) is 17.7. The minimum absolute atomic E-state index is 0.0263. The number of carbonyl (C=O) groups excluding carboxylic acids is 2. The highest BCUT2D eigenvalue weighted by molar-refractivity contribution is 6.06. The van der Waals surface area contributed by atoms with Crippen LogP contribution >= 0.6 is 0 Å². The topological polar surface area (TPSA) is 100 Å². The van der Waals surface area contributed by atoms with Crippen molar-refractivity contribution in [2.75, 3.05) is 32.1 Å². The first-order chi connectivity index (χ1) is 15.0. The van der Waals surface area contributed by atoms with Crippen LogP contribution in [0.2, 0.25) is 0 Å². The van der Waals surface area contributed by atoms with Crippen molar-refractivity contribution in [1.82, 2.24) is 9.88 Å². The predicted octanol–water partition coefficient (Wildman–Crippen LogP) is 3.17. The van der Waals surface area contributed by atoms with E-state index in [0.29, 0.717) is 5.69 Å². The second-order valence-electron chi connectivity index (χ2n) is 8.06. The Morgan fingerprint density at radius 1 is 1.13 bits per heavy atom. The van der Waals surface area contributed by atoms with E-state index >= 15 is 0 Å². The number of hydrogen-bond acceptors (Lipinski definition) is 4. The van der Waals surface area contributed by atoms with Gasteiger partial charge in [-0.3, -0.25) is 9.59 Å². The minimum Gasteiger partial charge on any atom is -0.497 e. The molecule has 7 heteroatoms. The van der Waals surface area contributed by atoms with Gasteiger partial charge in [0, 0.05) is 35.1 Å². The molecular weight excluding hydrogens is 392 g/mol. The molecule has 0 bridgehead atoms. The van der Waals surface area contributed by atoms with Crippen LogP contribution in [-0.4, -0.2) is 48.4 Å². The number of hydrogen-bond donors (Lipinski definition) is 3. The smallest absolute Gasteiger partial charge is 0.272 e. The zero-order valence-corrected chi connectivity index (χ0v) is 17.7. The molecule has 2 aromatic carbocycles. The summed E-state index contributed by atoms with van der Waals surface area (Å²) < 4.78 is 5.23. The maximum Gasteiger partial charge on any atom is 0.272 e. The number of anilines is 1. The normalized spacial score (nSPS) is 15.1. The fourth-order valence-electron chi connectivity index (χ4n) is 4.04. The molecule has 0 spiro atoms. The molecule has 0 radical (unpaired) electrons. The third-order valence-electron chi connectivity index (χ3n) is 5.99. The molecule has 1 fully saturated rings. The Balaban J connectivity index is 1.30. The molecule has 1 aliphatic rings. The Labute approximate surface area is 181 Å². The van der Waals surface area contributed by atoms with Gasteiger partial charge in [0.2, 0.25) is 5.91 Å². The van der Waals surface area contributed by atoms with Gasteiger partial charge in [-0.1, -0.05) is 12.1 Å². The second-order valence-corrected chi connectivity index (χ2v) is 8.06. The van der Waals surface area contributed by atoms with E-state index in [0.717, 1.165) is 61.2 Å². The number of aromatic nitrogens is 1. The third-order valence-corrected chi connectivity index (χ3v) is 5.99. The first kappa shape index (κ1) is 20.9. The van der Waals surface area contributed by atoms with Crippen molar-refractivity contribution in [3.05, 3.63) is 59.8 Å². The summed E-state index contributed by atoms with van der Waals surface area (Å²) in [6.45, 7) is 2.78. The van der Waals surface area contributed by atoms with Crippen LogP contribution < -0.4 is 15.8 Å². The average Bonchev–Trinajstić information content (AvgIpc) is 3.22. The molecule has 31 heavy (non-hydrogen) atoms. The van der Waals surface area contributed by atoms with Crippen LogP contribution in [-0.2, 0) is 11.2 Å². The quantitative estimate of drug-likeness (QED) is 0.547. The number of nitrogens with zero attached hydrogens (tertiary/aromatic N) is 1. The summed E-state index contributed by atoms with van der Waals surface area (Å²) in [6.07, 6.45) is 2.63. The second kappa shape index (κ2) is 9.22. The zero-order chi connectivity index (χ0) is 21.8. The van der Waals surface area contributed by atoms with Gasteiger partial charge in [0.25, 0.3) is 5.91 Å². The van der Waals surface area contributed by atoms with Gasteiger partial charge in [-0.25, -0.2) is 0 Å². The van der Waals surface area contributed by atoms with E-state index in [1.54, 1.807) is 7.11 Å². The third kappa shape index (κ3) is 5.06. The van der Waals surface area contributed by atoms with E-state index < -0.39 is 0 Å². The lowest BCUT2D eigenvalue weighted by atomic mass is 9.96. The number of nitrogens with two attached hydrogens (primary N) is 1. The Hall–Kier alpha value is -3.32. The van der Waals surface area contributed by atoms with E-state index in [1.807, 2.05) is 48.5 Å². The van der Waals surface area contributed by atoms with Crippen LogP contribution in [0.3, 0.4) is 0 Å². The van der Waals surface area contributed by atoms with Gasteiger partial charge >= 0.3 is 0 Å². The van der Waals surface area contributed by atoms with Gasteiger partial charge in [0.1, 0.15) is 11.4 Å². The maximum absolute atomic E-state index is 12.6. The SMILES string of the molecule is COc1ccc2cc(C(=O)Nc3ccc(CCN4CCC(C(N)=O)CC4)cc3)[nH]c2c1. The summed E-state index contributed by atoms with van der Waals surface area (Å²) in [5.74, 6) is 0.414. The van der Waals surface area contributed by atoms with Crippen molar-refractivity contribution in [2.24, 2.45) is 11.7 Å². The summed E-state index contributed by atoms with van der Waals surface area (Å²) in [6, 6.07) is 15.4. The van der Waals surface area contributed by atoms with Crippen molar-refractivity contribution < 1.29 is 14.3 Å². The number of rotatable bonds is 7. The van der Waals surface area contributed by atoms with Crippen LogP contribution in [0.15, 0.2) is 48.5 Å². The Morgan fingerprint density at radius 2 is 1.87 bits per heavy atom. The Bertz CT molecular complexity index is 1070. The molecule has 0 aliphatic carbocycles. The average molecular weight is 421 g/mol. The number of carbonyl (C=O) groups is 2. The van der Waals surface area contributed by atoms with E-state index in [2.05, 4.69) is 15.2 Å². The van der Waals surface area contributed by atoms with E-state index in [1.165, 1.54) is 5.56 Å². The van der Waals surface area contributed by atoms with Crippen LogP contribution in [0, 0.1) is 5.92 Å². The Morgan fingerprint density at radius 3 is 2.55 bits per heavy atom. The number of nitrogens with one attached hydrogen (secondary N) is 2. The molecule has 1 aliphatic heterocycles. The predicted molar refractivity (Wildman–Crippen MR) is 121 cm³/mol. The summed E-state index contributed by atoms with van der Waals surface area (Å²) in [4.78, 5) is 29.4. The molecule has 2 heterocycles. The van der Waals surface area contributed by atoms with Crippen molar-refractivity contribution in [3.8, 4) is 5.75 Å². The van der Waals surface area contributed by atoms with Gasteiger partial charge in [0.05, 0.1) is 7.11 Å². The molecular formula is C24H28N4O3. The highest BCUT2D eigenvalue weighted by Crippen LogP contribution is 2.22. The highest BCUT2D eigenvalue weighted by Gasteiger charge is 2.22. The number of H-pyrrole nitrogens is 1. The van der Waals surface area contributed by atoms with Crippen molar-refractivity contribution >= 4 is 28.4 Å². The summed E-state index contributed by atoms with van der Waals surface area (Å²) >= 11 is 0. The monoisotopic (exact) mass is 420 g/mol. The van der Waals surface area contributed by atoms with Crippen molar-refractivity contribution in [2.45, 2.75) is 19.3 Å².